The molecule has 2 aromatic carbocycles. The van der Waals surface area contributed by atoms with Gasteiger partial charge in [-0.2, -0.15) is 0 Å². The van der Waals surface area contributed by atoms with Crippen molar-refractivity contribution in [2.45, 2.75) is 18.2 Å². The number of carbonyl (C=O) groups is 1. The van der Waals surface area contributed by atoms with Gasteiger partial charge in [0.05, 0.1) is 12.0 Å². The van der Waals surface area contributed by atoms with Crippen LogP contribution < -0.4 is 5.32 Å². The number of nitrogens with one attached hydrogen (secondary N) is 1. The van der Waals surface area contributed by atoms with E-state index in [4.69, 9.17) is 0 Å². The summed E-state index contributed by atoms with van der Waals surface area (Å²) in [4.78, 5) is 11.2. The molecule has 0 unspecified atom stereocenters. The van der Waals surface area contributed by atoms with Crippen LogP contribution in [0.3, 0.4) is 0 Å². The predicted octanol–water partition coefficient (Wildman–Crippen LogP) is 3.29. The summed E-state index contributed by atoms with van der Waals surface area (Å²) in [5.74, 6) is -1.58. The molecule has 0 bridgehead atoms. The van der Waals surface area contributed by atoms with E-state index in [1.54, 1.807) is 12.1 Å². The van der Waals surface area contributed by atoms with Crippen LogP contribution in [0.2, 0.25) is 0 Å². The number of carbonyl (C=O) groups excluding carboxylic acids is 1. The lowest BCUT2D eigenvalue weighted by atomic mass is 10.1. The number of sulfone groups is 1. The molecule has 25 heavy (non-hydrogen) atoms. The van der Waals surface area contributed by atoms with E-state index in [1.807, 2.05) is 19.1 Å². The zero-order valence-corrected chi connectivity index (χ0v) is 14.6. The quantitative estimate of drug-likeness (QED) is 0.484. The van der Waals surface area contributed by atoms with Crippen LogP contribution in [0.4, 0.5) is 10.1 Å². The first-order chi connectivity index (χ1) is 11.9. The first kappa shape index (κ1) is 18.7. The topological polar surface area (TPSA) is 72.5 Å². The minimum atomic E-state index is -4.15. The summed E-state index contributed by atoms with van der Waals surface area (Å²) < 4.78 is 42.9. The lowest BCUT2D eigenvalue weighted by Gasteiger charge is -2.09. The Balaban J connectivity index is 2.37. The van der Waals surface area contributed by atoms with E-state index >= 15 is 0 Å². The van der Waals surface area contributed by atoms with Gasteiger partial charge in [-0.3, -0.25) is 0 Å². The van der Waals surface area contributed by atoms with E-state index in [-0.39, 0.29) is 4.90 Å². The zero-order chi connectivity index (χ0) is 18.4. The molecule has 1 N–H and O–H groups in total. The highest BCUT2D eigenvalue weighted by Gasteiger charge is 2.28. The zero-order valence-electron chi connectivity index (χ0n) is 13.8. The standard InChI is InChI=1S/C18H18FNO4S/c1-3-13-4-8-15(9-5-13)20-12-17(18(21)24-2)25(22,23)16-10-6-14(19)7-11-16/h4-12,20H,3H2,1-2H3/b17-12+. The van der Waals surface area contributed by atoms with E-state index in [0.29, 0.717) is 5.69 Å². The summed E-state index contributed by atoms with van der Waals surface area (Å²) >= 11 is 0. The third-order valence-corrected chi connectivity index (χ3v) is 5.29. The largest absolute Gasteiger partial charge is 0.465 e. The number of ether oxygens (including phenoxy) is 1. The molecule has 0 aliphatic carbocycles. The SMILES string of the molecule is CCc1ccc(N/C=C(\C(=O)OC)S(=O)(=O)c2ccc(F)cc2)cc1. The van der Waals surface area contributed by atoms with Gasteiger partial charge in [0.2, 0.25) is 9.84 Å². The lowest BCUT2D eigenvalue weighted by molar-refractivity contribution is -0.135. The summed E-state index contributed by atoms with van der Waals surface area (Å²) in [7, 11) is -3.07. The highest BCUT2D eigenvalue weighted by atomic mass is 32.2. The highest BCUT2D eigenvalue weighted by molar-refractivity contribution is 7.96. The molecule has 0 heterocycles. The molecule has 2 rings (SSSR count). The molecule has 0 aliphatic heterocycles. The molecule has 0 atom stereocenters. The molecule has 0 amide bonds. The van der Waals surface area contributed by atoms with E-state index in [0.717, 1.165) is 49.6 Å². The maximum Gasteiger partial charge on any atom is 0.351 e. The number of benzene rings is 2. The summed E-state index contributed by atoms with van der Waals surface area (Å²) in [5, 5.41) is 2.78. The second-order valence-electron chi connectivity index (χ2n) is 5.15. The third kappa shape index (κ3) is 4.45. The van der Waals surface area contributed by atoms with Crippen LogP contribution >= 0.6 is 0 Å². The fourth-order valence-corrected chi connectivity index (χ4v) is 3.34. The average molecular weight is 363 g/mol. The van der Waals surface area contributed by atoms with Crippen molar-refractivity contribution in [2.75, 3.05) is 12.4 Å². The molecular formula is C18H18FNO4S. The molecule has 0 aromatic heterocycles. The molecule has 132 valence electrons. The molecule has 0 radical (unpaired) electrons. The average Bonchev–Trinajstić information content (AvgIpc) is 2.62. The Morgan fingerprint density at radius 1 is 1.12 bits per heavy atom. The monoisotopic (exact) mass is 363 g/mol. The van der Waals surface area contributed by atoms with Gasteiger partial charge >= 0.3 is 5.97 Å². The van der Waals surface area contributed by atoms with Crippen molar-refractivity contribution in [3.63, 3.8) is 0 Å². The van der Waals surface area contributed by atoms with Gasteiger partial charge in [0.1, 0.15) is 5.82 Å². The van der Waals surface area contributed by atoms with Crippen molar-refractivity contribution in [2.24, 2.45) is 0 Å². The molecular weight excluding hydrogens is 345 g/mol. The molecule has 5 nitrogen and oxygen atoms in total. The summed E-state index contributed by atoms with van der Waals surface area (Å²) in [5.41, 5.74) is 1.74. The van der Waals surface area contributed by atoms with Crippen molar-refractivity contribution < 1.29 is 22.3 Å². The summed E-state index contributed by atoms with van der Waals surface area (Å²) in [6.45, 7) is 2.02. The van der Waals surface area contributed by atoms with Crippen LogP contribution in [0.1, 0.15) is 12.5 Å². The Morgan fingerprint density at radius 2 is 1.72 bits per heavy atom. The van der Waals surface area contributed by atoms with Crippen LogP contribution in [-0.4, -0.2) is 21.5 Å². The van der Waals surface area contributed by atoms with Crippen molar-refractivity contribution in [1.82, 2.24) is 0 Å². The van der Waals surface area contributed by atoms with Gasteiger partial charge in [-0.25, -0.2) is 17.6 Å². The number of anilines is 1. The van der Waals surface area contributed by atoms with E-state index in [2.05, 4.69) is 10.1 Å². The second kappa shape index (κ2) is 7.94. The molecule has 0 aliphatic rings. The number of methoxy groups -OCH3 is 1. The van der Waals surface area contributed by atoms with Crippen LogP contribution in [-0.2, 0) is 25.8 Å². The summed E-state index contributed by atoms with van der Waals surface area (Å²) in [6, 6.07) is 11.5. The Labute approximate surface area is 146 Å². The number of aryl methyl sites for hydroxylation is 1. The Hall–Kier alpha value is -2.67. The van der Waals surface area contributed by atoms with E-state index in [1.165, 1.54) is 0 Å². The number of hydrogen-bond donors (Lipinski definition) is 1. The van der Waals surface area contributed by atoms with Crippen LogP contribution in [0, 0.1) is 5.82 Å². The van der Waals surface area contributed by atoms with Gasteiger partial charge in [0, 0.05) is 11.9 Å². The maximum atomic E-state index is 13.0. The number of halogens is 1. The minimum absolute atomic E-state index is 0.200. The van der Waals surface area contributed by atoms with Crippen molar-refractivity contribution in [3.05, 3.63) is 71.0 Å². The van der Waals surface area contributed by atoms with Gasteiger partial charge < -0.3 is 10.1 Å². The van der Waals surface area contributed by atoms with Gasteiger partial charge in [0.15, 0.2) is 4.91 Å². The van der Waals surface area contributed by atoms with Crippen LogP contribution in [0.5, 0.6) is 0 Å². The molecule has 0 spiro atoms. The van der Waals surface area contributed by atoms with Crippen molar-refractivity contribution in [3.8, 4) is 0 Å². The van der Waals surface area contributed by atoms with Gasteiger partial charge in [-0.1, -0.05) is 19.1 Å². The normalized spacial score (nSPS) is 11.9. The van der Waals surface area contributed by atoms with Crippen LogP contribution in [0.15, 0.2) is 64.5 Å². The molecule has 0 saturated carbocycles. The fourth-order valence-electron chi connectivity index (χ4n) is 2.07. The Morgan fingerprint density at radius 3 is 2.24 bits per heavy atom. The number of rotatable bonds is 6. The van der Waals surface area contributed by atoms with Gasteiger partial charge in [0.25, 0.3) is 0 Å². The first-order valence-electron chi connectivity index (χ1n) is 7.53. The predicted molar refractivity (Wildman–Crippen MR) is 93.1 cm³/mol. The van der Waals surface area contributed by atoms with E-state index < -0.39 is 26.5 Å². The molecule has 2 aromatic rings. The number of esters is 1. The van der Waals surface area contributed by atoms with Crippen LogP contribution in [0.25, 0.3) is 0 Å². The lowest BCUT2D eigenvalue weighted by Crippen LogP contribution is -2.17. The van der Waals surface area contributed by atoms with Crippen molar-refractivity contribution in [1.29, 1.82) is 0 Å². The highest BCUT2D eigenvalue weighted by Crippen LogP contribution is 2.21. The first-order valence-corrected chi connectivity index (χ1v) is 9.01. The van der Waals surface area contributed by atoms with Gasteiger partial charge in [-0.05, 0) is 48.4 Å². The maximum absolute atomic E-state index is 13.0. The second-order valence-corrected chi connectivity index (χ2v) is 7.07. The fraction of sp³-hybridized carbons (Fsp3) is 0.167. The Kier molecular flexibility index (Phi) is 5.93. The molecule has 0 fully saturated rings. The van der Waals surface area contributed by atoms with E-state index in [9.17, 15) is 17.6 Å². The minimum Gasteiger partial charge on any atom is -0.465 e. The summed E-state index contributed by atoms with van der Waals surface area (Å²) in [6.07, 6.45) is 1.95. The third-order valence-electron chi connectivity index (χ3n) is 3.53. The molecule has 0 saturated heterocycles. The molecule has 7 heteroatoms. The Bertz CT molecular complexity index is 872. The van der Waals surface area contributed by atoms with Gasteiger partial charge in [-0.15, -0.1) is 0 Å². The smallest absolute Gasteiger partial charge is 0.351 e. The van der Waals surface area contributed by atoms with Crippen molar-refractivity contribution >= 4 is 21.5 Å². The number of hydrogen-bond acceptors (Lipinski definition) is 5.